The van der Waals surface area contributed by atoms with Gasteiger partial charge in [0.2, 0.25) is 0 Å². The zero-order valence-electron chi connectivity index (χ0n) is 16.4. The number of pyridine rings is 1. The van der Waals surface area contributed by atoms with E-state index in [0.29, 0.717) is 10.7 Å². The van der Waals surface area contributed by atoms with Crippen molar-refractivity contribution in [3.8, 4) is 0 Å². The largest absolute Gasteiger partial charge is 0.502 e. The van der Waals surface area contributed by atoms with E-state index in [4.69, 9.17) is 12.2 Å². The van der Waals surface area contributed by atoms with Gasteiger partial charge >= 0.3 is 0 Å². The molecule has 2 N–H and O–H groups in total. The summed E-state index contributed by atoms with van der Waals surface area (Å²) < 4.78 is 1.84. The Morgan fingerprint density at radius 1 is 1.00 bits per heavy atom. The van der Waals surface area contributed by atoms with Crippen LogP contribution in [0.5, 0.6) is 0 Å². The standard InChI is InChI=1S/C24H24N2OS/c1-4-19-10-12-20(13-11-19)23(27)22(26-14-6-5-7-15-26)24(28)25-21-16-17(2)8-9-18(21)3/h5-16H,4H2,1-3H3,(H-,25,27,28)/p+1. The fourth-order valence-corrected chi connectivity index (χ4v) is 3.29. The molecule has 0 unspecified atom stereocenters. The molecule has 1 aromatic heterocycles. The van der Waals surface area contributed by atoms with Gasteiger partial charge in [0.05, 0.1) is 0 Å². The first kappa shape index (κ1) is 19.8. The lowest BCUT2D eigenvalue weighted by Crippen LogP contribution is -2.38. The van der Waals surface area contributed by atoms with Crippen LogP contribution in [0.4, 0.5) is 5.69 Å². The van der Waals surface area contributed by atoms with Crippen molar-refractivity contribution >= 4 is 34.3 Å². The second kappa shape index (κ2) is 8.81. The molecule has 3 aromatic rings. The van der Waals surface area contributed by atoms with Crippen LogP contribution in [0.3, 0.4) is 0 Å². The van der Waals surface area contributed by atoms with Crippen LogP contribution in [0.1, 0.15) is 29.2 Å². The van der Waals surface area contributed by atoms with Gasteiger partial charge in [-0.1, -0.05) is 61.6 Å². The summed E-state index contributed by atoms with van der Waals surface area (Å²) in [6.07, 6.45) is 4.71. The molecule has 28 heavy (non-hydrogen) atoms. The molecule has 0 spiro atoms. The summed E-state index contributed by atoms with van der Waals surface area (Å²) in [6.45, 7) is 6.19. The van der Waals surface area contributed by atoms with Crippen LogP contribution in [0, 0.1) is 13.8 Å². The summed E-state index contributed by atoms with van der Waals surface area (Å²) in [5, 5.41) is 14.4. The summed E-state index contributed by atoms with van der Waals surface area (Å²) in [4.78, 5) is 0.460. The molecule has 1 heterocycles. The van der Waals surface area contributed by atoms with E-state index >= 15 is 0 Å². The Morgan fingerprint density at radius 2 is 1.68 bits per heavy atom. The number of nitrogens with zero attached hydrogens (tertiary/aromatic N) is 1. The third-order valence-corrected chi connectivity index (χ3v) is 4.99. The second-order valence-electron chi connectivity index (χ2n) is 6.80. The van der Waals surface area contributed by atoms with Crippen molar-refractivity contribution in [2.45, 2.75) is 27.2 Å². The van der Waals surface area contributed by atoms with E-state index in [-0.39, 0.29) is 5.76 Å². The van der Waals surface area contributed by atoms with Gasteiger partial charge in [0.25, 0.3) is 5.70 Å². The van der Waals surface area contributed by atoms with Crippen LogP contribution >= 0.6 is 12.2 Å². The predicted molar refractivity (Wildman–Crippen MR) is 120 cm³/mol. The van der Waals surface area contributed by atoms with Crippen LogP contribution in [-0.4, -0.2) is 10.1 Å². The third kappa shape index (κ3) is 4.46. The van der Waals surface area contributed by atoms with Crippen LogP contribution in [-0.2, 0) is 6.42 Å². The average molecular weight is 390 g/mol. The van der Waals surface area contributed by atoms with Crippen LogP contribution in [0.2, 0.25) is 0 Å². The van der Waals surface area contributed by atoms with Crippen molar-refractivity contribution in [1.29, 1.82) is 0 Å². The Kier molecular flexibility index (Phi) is 6.22. The van der Waals surface area contributed by atoms with Crippen molar-refractivity contribution in [2.75, 3.05) is 5.32 Å². The molecule has 0 aliphatic carbocycles. The van der Waals surface area contributed by atoms with Crippen molar-refractivity contribution in [1.82, 2.24) is 0 Å². The number of aromatic nitrogens is 1. The Hall–Kier alpha value is -2.98. The number of aliphatic hydroxyl groups is 1. The zero-order chi connectivity index (χ0) is 20.1. The van der Waals surface area contributed by atoms with Gasteiger partial charge in [-0.05, 0) is 43.0 Å². The lowest BCUT2D eigenvalue weighted by molar-refractivity contribution is -0.575. The SMILES string of the molecule is CCc1ccc(/C(O)=C(/C(=S)Nc2cc(C)ccc2C)[n+]2ccccc2)cc1. The van der Waals surface area contributed by atoms with Gasteiger partial charge < -0.3 is 10.4 Å². The van der Waals surface area contributed by atoms with E-state index in [0.717, 1.165) is 28.8 Å². The number of hydrogen-bond donors (Lipinski definition) is 2. The van der Waals surface area contributed by atoms with Crippen molar-refractivity contribution in [2.24, 2.45) is 0 Å². The topological polar surface area (TPSA) is 36.1 Å². The number of aryl methyl sites for hydroxylation is 3. The number of hydrogen-bond acceptors (Lipinski definition) is 2. The molecule has 142 valence electrons. The maximum absolute atomic E-state index is 11.1. The maximum Gasteiger partial charge on any atom is 0.288 e. The summed E-state index contributed by atoms with van der Waals surface area (Å²) in [7, 11) is 0. The normalized spacial score (nSPS) is 11.7. The molecular weight excluding hydrogens is 364 g/mol. The molecule has 3 rings (SSSR count). The van der Waals surface area contributed by atoms with E-state index in [1.54, 1.807) is 0 Å². The number of nitrogens with one attached hydrogen (secondary N) is 1. The average Bonchev–Trinajstić information content (AvgIpc) is 2.71. The molecule has 3 nitrogen and oxygen atoms in total. The van der Waals surface area contributed by atoms with Crippen LogP contribution in [0.15, 0.2) is 73.1 Å². The van der Waals surface area contributed by atoms with Gasteiger partial charge in [0.1, 0.15) is 0 Å². The Morgan fingerprint density at radius 3 is 2.32 bits per heavy atom. The fourth-order valence-electron chi connectivity index (χ4n) is 2.98. The fraction of sp³-hybridized carbons (Fsp3) is 0.167. The molecule has 0 aliphatic heterocycles. The molecule has 0 atom stereocenters. The molecule has 0 fully saturated rings. The van der Waals surface area contributed by atoms with E-state index < -0.39 is 0 Å². The first-order chi connectivity index (χ1) is 13.5. The minimum atomic E-state index is 0.140. The van der Waals surface area contributed by atoms with Gasteiger partial charge in [-0.3, -0.25) is 0 Å². The monoisotopic (exact) mass is 389 g/mol. The molecule has 0 aliphatic rings. The highest BCUT2D eigenvalue weighted by Crippen LogP contribution is 2.22. The van der Waals surface area contributed by atoms with Crippen molar-refractivity contribution < 1.29 is 9.67 Å². The van der Waals surface area contributed by atoms with Crippen molar-refractivity contribution in [3.05, 3.63) is 95.3 Å². The smallest absolute Gasteiger partial charge is 0.288 e. The molecule has 0 amide bonds. The lowest BCUT2D eigenvalue weighted by Gasteiger charge is -2.13. The first-order valence-corrected chi connectivity index (χ1v) is 9.78. The predicted octanol–water partition coefficient (Wildman–Crippen LogP) is 5.48. The molecule has 2 aromatic carbocycles. The number of anilines is 1. The number of thiocarbonyl (C=S) groups is 1. The highest BCUT2D eigenvalue weighted by molar-refractivity contribution is 7.81. The van der Waals surface area contributed by atoms with E-state index in [2.05, 4.69) is 30.4 Å². The number of rotatable bonds is 5. The quantitative estimate of drug-likeness (QED) is 0.263. The summed E-state index contributed by atoms with van der Waals surface area (Å²) >= 11 is 5.72. The highest BCUT2D eigenvalue weighted by atomic mass is 32.1. The van der Waals surface area contributed by atoms with Crippen LogP contribution < -0.4 is 9.88 Å². The van der Waals surface area contributed by atoms with Crippen molar-refractivity contribution in [3.63, 3.8) is 0 Å². The zero-order valence-corrected chi connectivity index (χ0v) is 17.3. The van der Waals surface area contributed by atoms with Gasteiger partial charge in [0.15, 0.2) is 23.1 Å². The third-order valence-electron chi connectivity index (χ3n) is 4.69. The number of aliphatic hydroxyl groups excluding tert-OH is 1. The van der Waals surface area contributed by atoms with Crippen LogP contribution in [0.25, 0.3) is 11.5 Å². The molecule has 0 radical (unpaired) electrons. The lowest BCUT2D eigenvalue weighted by atomic mass is 10.1. The molecular formula is C24H25N2OS+. The minimum Gasteiger partial charge on any atom is -0.502 e. The Balaban J connectivity index is 2.06. The summed E-state index contributed by atoms with van der Waals surface area (Å²) in [6, 6.07) is 19.9. The van der Waals surface area contributed by atoms with Gasteiger partial charge in [-0.25, -0.2) is 0 Å². The van der Waals surface area contributed by atoms with E-state index in [1.165, 1.54) is 5.56 Å². The Bertz CT molecular complexity index is 1010. The second-order valence-corrected chi connectivity index (χ2v) is 7.21. The highest BCUT2D eigenvalue weighted by Gasteiger charge is 2.24. The summed E-state index contributed by atoms with van der Waals surface area (Å²) in [5.74, 6) is 0.140. The molecule has 0 saturated heterocycles. The van der Waals surface area contributed by atoms with Gasteiger partial charge in [-0.15, -0.1) is 0 Å². The Labute approximate surface area is 172 Å². The summed E-state index contributed by atoms with van der Waals surface area (Å²) in [5.41, 5.74) is 5.68. The first-order valence-electron chi connectivity index (χ1n) is 9.37. The molecule has 4 heteroatoms. The van der Waals surface area contributed by atoms with Gasteiger partial charge in [0, 0.05) is 23.4 Å². The maximum atomic E-state index is 11.1. The molecule has 0 saturated carbocycles. The molecule has 0 bridgehead atoms. The number of benzene rings is 2. The van der Waals surface area contributed by atoms with E-state index in [9.17, 15) is 5.11 Å². The minimum absolute atomic E-state index is 0.140. The van der Waals surface area contributed by atoms with E-state index in [1.807, 2.05) is 73.3 Å². The van der Waals surface area contributed by atoms with Gasteiger partial charge in [-0.2, -0.15) is 4.57 Å².